The Bertz CT molecular complexity index is 1600. The van der Waals surface area contributed by atoms with Crippen molar-refractivity contribution in [2.24, 2.45) is 0 Å². The Labute approximate surface area is 238 Å². The molecule has 1 aliphatic heterocycles. The number of nitrogens with zero attached hydrogens (tertiary/aromatic N) is 2. The first-order valence-corrected chi connectivity index (χ1v) is 14.7. The molecule has 12 heteroatoms. The van der Waals surface area contributed by atoms with E-state index in [-0.39, 0.29) is 24.9 Å². The van der Waals surface area contributed by atoms with Crippen LogP contribution in [0.2, 0.25) is 0 Å². The van der Waals surface area contributed by atoms with E-state index in [0.717, 1.165) is 21.0 Å². The van der Waals surface area contributed by atoms with Crippen molar-refractivity contribution >= 4 is 56.3 Å². The number of anilines is 3. The van der Waals surface area contributed by atoms with Crippen LogP contribution >= 0.6 is 0 Å². The second-order valence-electron chi connectivity index (χ2n) is 9.40. The lowest BCUT2D eigenvalue weighted by Gasteiger charge is -2.25. The molecule has 0 saturated carbocycles. The number of carbonyl (C=O) groups excluding carboxylic acids is 2. The number of rotatable bonds is 10. The minimum atomic E-state index is -3.68. The molecule has 0 spiro atoms. The Hall–Kier alpha value is -4.84. The summed E-state index contributed by atoms with van der Waals surface area (Å²) in [6.07, 6.45) is -0.0943. The topological polar surface area (TPSA) is 148 Å². The molecule has 0 radical (unpaired) electrons. The average Bonchev–Trinajstić information content (AvgIpc) is 3.26. The fourth-order valence-electron chi connectivity index (χ4n) is 4.39. The minimum Gasteiger partial charge on any atom is -0.465 e. The van der Waals surface area contributed by atoms with Crippen LogP contribution in [0.4, 0.5) is 21.9 Å². The molecule has 0 aromatic heterocycles. The lowest BCUT2D eigenvalue weighted by atomic mass is 9.99. The molecule has 0 fully saturated rings. The highest BCUT2D eigenvalue weighted by Crippen LogP contribution is 2.38. The normalized spacial score (nSPS) is 13.6. The highest BCUT2D eigenvalue weighted by molar-refractivity contribution is 7.92. The lowest BCUT2D eigenvalue weighted by molar-refractivity contribution is -0.110. The monoisotopic (exact) mass is 577 g/mol. The van der Waals surface area contributed by atoms with Gasteiger partial charge in [0.1, 0.15) is 0 Å². The summed E-state index contributed by atoms with van der Waals surface area (Å²) in [6, 6.07) is 20.9. The van der Waals surface area contributed by atoms with Crippen LogP contribution in [-0.2, 0) is 14.8 Å². The van der Waals surface area contributed by atoms with Crippen molar-refractivity contribution in [1.82, 2.24) is 10.2 Å². The van der Waals surface area contributed by atoms with Crippen molar-refractivity contribution in [3.8, 4) is 0 Å². The van der Waals surface area contributed by atoms with Gasteiger partial charge in [0, 0.05) is 42.6 Å². The van der Waals surface area contributed by atoms with Gasteiger partial charge in [-0.1, -0.05) is 36.4 Å². The van der Waals surface area contributed by atoms with Crippen LogP contribution in [0, 0.1) is 0 Å². The van der Waals surface area contributed by atoms with E-state index in [4.69, 9.17) is 5.11 Å². The van der Waals surface area contributed by atoms with E-state index in [2.05, 4.69) is 16.0 Å². The van der Waals surface area contributed by atoms with Gasteiger partial charge >= 0.3 is 6.09 Å². The van der Waals surface area contributed by atoms with Crippen LogP contribution in [0.25, 0.3) is 11.3 Å². The molecule has 3 amide bonds. The number of carboxylic acid groups (broad SMARTS) is 1. The summed E-state index contributed by atoms with van der Waals surface area (Å²) in [4.78, 5) is 37.7. The van der Waals surface area contributed by atoms with Crippen LogP contribution in [0.5, 0.6) is 0 Å². The summed E-state index contributed by atoms with van der Waals surface area (Å²) in [6.45, 7) is 2.25. The summed E-state index contributed by atoms with van der Waals surface area (Å²) in [5, 5.41) is 18.0. The largest absolute Gasteiger partial charge is 0.465 e. The van der Waals surface area contributed by atoms with Gasteiger partial charge < -0.3 is 26.0 Å². The summed E-state index contributed by atoms with van der Waals surface area (Å²) in [7, 11) is -2.32. The van der Waals surface area contributed by atoms with Gasteiger partial charge in [0.2, 0.25) is 10.0 Å². The summed E-state index contributed by atoms with van der Waals surface area (Å²) in [5.74, 6) is -0.567. The second-order valence-corrected chi connectivity index (χ2v) is 11.3. The van der Waals surface area contributed by atoms with Gasteiger partial charge in [0.25, 0.3) is 11.8 Å². The smallest absolute Gasteiger partial charge is 0.407 e. The molecule has 0 unspecified atom stereocenters. The van der Waals surface area contributed by atoms with Crippen molar-refractivity contribution in [3.63, 3.8) is 0 Å². The number of hydrogen-bond donors (Lipinski definition) is 4. The molecule has 0 aliphatic carbocycles. The molecule has 4 rings (SSSR count). The number of fused-ring (bicyclic) bond motifs is 1. The Balaban J connectivity index is 1.70. The predicted molar refractivity (Wildman–Crippen MR) is 159 cm³/mol. The Morgan fingerprint density at radius 3 is 2.24 bits per heavy atom. The first kappa shape index (κ1) is 29.2. The van der Waals surface area contributed by atoms with E-state index >= 15 is 0 Å². The number of nitrogens with one attached hydrogen (secondary N) is 3. The van der Waals surface area contributed by atoms with Gasteiger partial charge in [-0.05, 0) is 48.9 Å². The molecule has 3 aromatic carbocycles. The van der Waals surface area contributed by atoms with Gasteiger partial charge in [-0.2, -0.15) is 0 Å². The SMILES string of the molecule is CCNC(=O)c1ccc2c(c1)NC(=O)/C2=C(\Nc1ccc(N(CCN(C)C(=O)O)S(C)(=O)=O)cc1)c1ccccc1. The summed E-state index contributed by atoms with van der Waals surface area (Å²) < 4.78 is 26.1. The first-order chi connectivity index (χ1) is 19.5. The Morgan fingerprint density at radius 2 is 1.63 bits per heavy atom. The summed E-state index contributed by atoms with van der Waals surface area (Å²) in [5.41, 5.74) is 4.23. The maximum atomic E-state index is 13.2. The third-order valence-corrected chi connectivity index (χ3v) is 7.66. The van der Waals surface area contributed by atoms with E-state index < -0.39 is 16.1 Å². The molecular formula is C29H31N5O6S. The lowest BCUT2D eigenvalue weighted by Crippen LogP contribution is -2.38. The zero-order valence-electron chi connectivity index (χ0n) is 22.8. The summed E-state index contributed by atoms with van der Waals surface area (Å²) >= 11 is 0. The molecule has 1 aliphatic rings. The van der Waals surface area contributed by atoms with Crippen LogP contribution in [0.1, 0.15) is 28.4 Å². The number of likely N-dealkylation sites (N-methyl/N-ethyl adjacent to an activating group) is 1. The zero-order chi connectivity index (χ0) is 29.7. The quantitative estimate of drug-likeness (QED) is 0.268. The molecule has 0 atom stereocenters. The van der Waals surface area contributed by atoms with Gasteiger partial charge in [-0.15, -0.1) is 0 Å². The third-order valence-electron chi connectivity index (χ3n) is 6.47. The molecule has 1 heterocycles. The predicted octanol–water partition coefficient (Wildman–Crippen LogP) is 3.74. The Morgan fingerprint density at radius 1 is 0.951 bits per heavy atom. The number of carbonyl (C=O) groups is 3. The average molecular weight is 578 g/mol. The molecule has 11 nitrogen and oxygen atoms in total. The van der Waals surface area contributed by atoms with Crippen LogP contribution in [-0.4, -0.2) is 69.3 Å². The van der Waals surface area contributed by atoms with Crippen LogP contribution in [0.3, 0.4) is 0 Å². The highest BCUT2D eigenvalue weighted by Gasteiger charge is 2.29. The van der Waals surface area contributed by atoms with Crippen LogP contribution in [0.15, 0.2) is 72.8 Å². The first-order valence-electron chi connectivity index (χ1n) is 12.8. The molecule has 41 heavy (non-hydrogen) atoms. The molecule has 4 N–H and O–H groups in total. The van der Waals surface area contributed by atoms with Gasteiger partial charge in [-0.3, -0.25) is 13.9 Å². The molecular weight excluding hydrogens is 546 g/mol. The molecule has 0 bridgehead atoms. The van der Waals surface area contributed by atoms with E-state index in [1.54, 1.807) is 42.5 Å². The van der Waals surface area contributed by atoms with Crippen molar-refractivity contribution in [2.45, 2.75) is 6.92 Å². The molecule has 214 valence electrons. The van der Waals surface area contributed by atoms with Crippen LogP contribution < -0.4 is 20.3 Å². The van der Waals surface area contributed by atoms with E-state index in [0.29, 0.717) is 46.0 Å². The standard InChI is InChI=1S/C29H31N5O6S/c1-4-30-27(35)20-10-15-23-24(18-20)32-28(36)25(23)26(19-8-6-5-7-9-19)31-21-11-13-22(14-12-21)34(41(3,39)40)17-16-33(2)29(37)38/h5-15,18,31H,4,16-17H2,1-3H3,(H,30,35)(H,32,36)(H,37,38)/b26-25-. The number of benzene rings is 3. The van der Waals surface area contributed by atoms with E-state index in [1.807, 2.05) is 37.3 Å². The second kappa shape index (κ2) is 12.1. The molecule has 3 aromatic rings. The van der Waals surface area contributed by atoms with Crippen molar-refractivity contribution in [2.75, 3.05) is 47.9 Å². The van der Waals surface area contributed by atoms with Crippen molar-refractivity contribution in [1.29, 1.82) is 0 Å². The van der Waals surface area contributed by atoms with Crippen molar-refractivity contribution < 1.29 is 27.9 Å². The van der Waals surface area contributed by atoms with Crippen molar-refractivity contribution in [3.05, 3.63) is 89.5 Å². The highest BCUT2D eigenvalue weighted by atomic mass is 32.2. The van der Waals surface area contributed by atoms with Gasteiger partial charge in [0.05, 0.1) is 29.8 Å². The Kier molecular flexibility index (Phi) is 8.62. The fraction of sp³-hybridized carbons (Fsp3) is 0.207. The van der Waals surface area contributed by atoms with Gasteiger partial charge in [-0.25, -0.2) is 13.2 Å². The number of sulfonamides is 1. The third kappa shape index (κ3) is 6.67. The minimum absolute atomic E-state index is 0.0109. The fourth-order valence-corrected chi connectivity index (χ4v) is 5.30. The zero-order valence-corrected chi connectivity index (χ0v) is 23.7. The van der Waals surface area contributed by atoms with E-state index in [1.165, 1.54) is 7.05 Å². The molecule has 0 saturated heterocycles. The number of hydrogen-bond acceptors (Lipinski definition) is 6. The van der Waals surface area contributed by atoms with E-state index in [9.17, 15) is 22.8 Å². The van der Waals surface area contributed by atoms with Gasteiger partial charge in [0.15, 0.2) is 0 Å². The number of amides is 3. The maximum absolute atomic E-state index is 13.2. The maximum Gasteiger partial charge on any atom is 0.407 e.